The molecule has 1 fully saturated rings. The van der Waals surface area contributed by atoms with Crippen LogP contribution in [0.4, 0.5) is 4.39 Å². The lowest BCUT2D eigenvalue weighted by atomic mass is 9.75. The normalized spacial score (nSPS) is 18.8. The standard InChI is InChI=1S/C18H27BFNO3/c1-8-21(9-2)16(22)13-10-12(3)14(11-15(13)20)19-23-17(4,5)18(6,7)24-19/h10-11H,8-9H2,1-7H3. The maximum absolute atomic E-state index is 14.6. The summed E-state index contributed by atoms with van der Waals surface area (Å²) in [5, 5.41) is 0. The van der Waals surface area contributed by atoms with Crippen molar-refractivity contribution in [1.29, 1.82) is 0 Å². The van der Waals surface area contributed by atoms with Gasteiger partial charge in [-0.05, 0) is 66.1 Å². The summed E-state index contributed by atoms with van der Waals surface area (Å²) in [7, 11) is -0.637. The minimum atomic E-state index is -0.637. The number of hydrogen-bond acceptors (Lipinski definition) is 3. The first-order valence-corrected chi connectivity index (χ1v) is 8.49. The Morgan fingerprint density at radius 3 is 2.08 bits per heavy atom. The summed E-state index contributed by atoms with van der Waals surface area (Å²) in [6, 6.07) is 2.96. The van der Waals surface area contributed by atoms with Crippen LogP contribution in [0.5, 0.6) is 0 Å². The predicted molar refractivity (Wildman–Crippen MR) is 94.1 cm³/mol. The Bertz CT molecular complexity index is 625. The van der Waals surface area contributed by atoms with Crippen LogP contribution < -0.4 is 5.46 Å². The number of carbonyl (C=O) groups is 1. The second kappa shape index (κ2) is 6.49. The molecule has 1 heterocycles. The van der Waals surface area contributed by atoms with Crippen molar-refractivity contribution in [3.63, 3.8) is 0 Å². The van der Waals surface area contributed by atoms with Crippen LogP contribution in [0.15, 0.2) is 12.1 Å². The van der Waals surface area contributed by atoms with E-state index < -0.39 is 24.1 Å². The van der Waals surface area contributed by atoms with Gasteiger partial charge in [-0.3, -0.25) is 4.79 Å². The molecule has 0 aromatic heterocycles. The lowest BCUT2D eigenvalue weighted by molar-refractivity contribution is 0.00578. The lowest BCUT2D eigenvalue weighted by Gasteiger charge is -2.32. The first-order valence-electron chi connectivity index (χ1n) is 8.49. The van der Waals surface area contributed by atoms with Gasteiger partial charge in [0.1, 0.15) is 5.82 Å². The molecule has 132 valence electrons. The molecule has 24 heavy (non-hydrogen) atoms. The molecule has 1 aromatic rings. The molecule has 4 nitrogen and oxygen atoms in total. The molecule has 0 radical (unpaired) electrons. The van der Waals surface area contributed by atoms with Gasteiger partial charge in [-0.25, -0.2) is 4.39 Å². The third kappa shape index (κ3) is 3.22. The molecule has 0 saturated carbocycles. The Balaban J connectivity index is 2.37. The van der Waals surface area contributed by atoms with Crippen LogP contribution in [0.3, 0.4) is 0 Å². The van der Waals surface area contributed by atoms with Crippen molar-refractivity contribution in [2.45, 2.75) is 59.7 Å². The van der Waals surface area contributed by atoms with Crippen LogP contribution >= 0.6 is 0 Å². The Morgan fingerprint density at radius 2 is 1.62 bits per heavy atom. The Labute approximate surface area is 144 Å². The largest absolute Gasteiger partial charge is 0.495 e. The predicted octanol–water partition coefficient (Wildman–Crippen LogP) is 2.92. The van der Waals surface area contributed by atoms with E-state index in [0.717, 1.165) is 5.56 Å². The maximum Gasteiger partial charge on any atom is 0.495 e. The third-order valence-corrected chi connectivity index (χ3v) is 5.14. The molecule has 2 rings (SSSR count). The van der Waals surface area contributed by atoms with Crippen molar-refractivity contribution in [3.8, 4) is 0 Å². The summed E-state index contributed by atoms with van der Waals surface area (Å²) in [6.07, 6.45) is 0. The van der Waals surface area contributed by atoms with Crippen molar-refractivity contribution in [1.82, 2.24) is 4.90 Å². The van der Waals surface area contributed by atoms with Gasteiger partial charge in [-0.15, -0.1) is 0 Å². The number of amides is 1. The molecule has 0 atom stereocenters. The Morgan fingerprint density at radius 1 is 1.12 bits per heavy atom. The molecule has 0 spiro atoms. The Kier molecular flexibility index (Phi) is 5.12. The summed E-state index contributed by atoms with van der Waals surface area (Å²) in [5.74, 6) is -0.830. The monoisotopic (exact) mass is 335 g/mol. The number of halogens is 1. The van der Waals surface area contributed by atoms with E-state index in [2.05, 4.69) is 0 Å². The average Bonchev–Trinajstić information content (AvgIpc) is 2.70. The lowest BCUT2D eigenvalue weighted by Crippen LogP contribution is -2.41. The number of hydrogen-bond donors (Lipinski definition) is 0. The van der Waals surface area contributed by atoms with Crippen LogP contribution in [-0.4, -0.2) is 42.2 Å². The molecule has 0 unspecified atom stereocenters. The minimum absolute atomic E-state index is 0.0940. The van der Waals surface area contributed by atoms with Crippen LogP contribution in [0.25, 0.3) is 0 Å². The summed E-state index contributed by atoms with van der Waals surface area (Å²) in [4.78, 5) is 14.0. The Hall–Kier alpha value is -1.40. The van der Waals surface area contributed by atoms with Crippen LogP contribution in [0, 0.1) is 12.7 Å². The molecule has 1 aliphatic heterocycles. The smallest absolute Gasteiger partial charge is 0.399 e. The van der Waals surface area contributed by atoms with Crippen molar-refractivity contribution >= 4 is 18.5 Å². The van der Waals surface area contributed by atoms with E-state index in [4.69, 9.17) is 9.31 Å². The van der Waals surface area contributed by atoms with Gasteiger partial charge in [0, 0.05) is 13.1 Å². The zero-order chi connectivity index (χ0) is 18.3. The average molecular weight is 335 g/mol. The van der Waals surface area contributed by atoms with Gasteiger partial charge >= 0.3 is 7.12 Å². The molecule has 6 heteroatoms. The van der Waals surface area contributed by atoms with Crippen molar-refractivity contribution in [2.75, 3.05) is 13.1 Å². The molecular weight excluding hydrogens is 308 g/mol. The van der Waals surface area contributed by atoms with E-state index in [1.54, 1.807) is 11.0 Å². The van der Waals surface area contributed by atoms with E-state index >= 15 is 0 Å². The van der Waals surface area contributed by atoms with Crippen molar-refractivity contribution in [2.24, 2.45) is 0 Å². The fourth-order valence-corrected chi connectivity index (χ4v) is 2.77. The molecule has 0 aliphatic carbocycles. The van der Waals surface area contributed by atoms with E-state index in [1.165, 1.54) is 6.07 Å². The van der Waals surface area contributed by atoms with E-state index in [1.807, 2.05) is 48.5 Å². The van der Waals surface area contributed by atoms with Crippen molar-refractivity contribution < 1.29 is 18.5 Å². The zero-order valence-corrected chi connectivity index (χ0v) is 15.7. The van der Waals surface area contributed by atoms with E-state index in [-0.39, 0.29) is 11.5 Å². The highest BCUT2D eigenvalue weighted by Gasteiger charge is 2.52. The first kappa shape index (κ1) is 18.9. The van der Waals surface area contributed by atoms with Gasteiger partial charge in [0.2, 0.25) is 0 Å². The minimum Gasteiger partial charge on any atom is -0.399 e. The highest BCUT2D eigenvalue weighted by atomic mass is 19.1. The molecule has 1 amide bonds. The number of carbonyl (C=O) groups excluding carboxylic acids is 1. The highest BCUT2D eigenvalue weighted by Crippen LogP contribution is 2.36. The summed E-state index contributed by atoms with van der Waals surface area (Å²) in [6.45, 7) is 14.5. The zero-order valence-electron chi connectivity index (χ0n) is 15.7. The summed E-state index contributed by atoms with van der Waals surface area (Å²) < 4.78 is 26.6. The quantitative estimate of drug-likeness (QED) is 0.794. The van der Waals surface area contributed by atoms with Crippen molar-refractivity contribution in [3.05, 3.63) is 29.1 Å². The second-order valence-electron chi connectivity index (χ2n) is 7.25. The SMILES string of the molecule is CCN(CC)C(=O)c1cc(C)c(B2OC(C)(C)C(C)(C)O2)cc1F. The van der Waals surface area contributed by atoms with E-state index in [0.29, 0.717) is 18.6 Å². The number of rotatable bonds is 4. The molecule has 0 bridgehead atoms. The first-order chi connectivity index (χ1) is 11.0. The molecule has 1 aliphatic rings. The molecule has 1 saturated heterocycles. The molecular formula is C18H27BFNO3. The fourth-order valence-electron chi connectivity index (χ4n) is 2.77. The molecule has 0 N–H and O–H groups in total. The van der Waals surface area contributed by atoms with Gasteiger partial charge in [0.25, 0.3) is 5.91 Å². The maximum atomic E-state index is 14.6. The van der Waals surface area contributed by atoms with Gasteiger partial charge in [0.15, 0.2) is 0 Å². The third-order valence-electron chi connectivity index (χ3n) is 5.14. The second-order valence-corrected chi connectivity index (χ2v) is 7.25. The highest BCUT2D eigenvalue weighted by molar-refractivity contribution is 6.62. The number of benzene rings is 1. The fraction of sp³-hybridized carbons (Fsp3) is 0.611. The topological polar surface area (TPSA) is 38.8 Å². The van der Waals surface area contributed by atoms with Crippen LogP contribution in [0.2, 0.25) is 0 Å². The van der Waals surface area contributed by atoms with Crippen LogP contribution in [0.1, 0.15) is 57.5 Å². The summed E-state index contributed by atoms with van der Waals surface area (Å²) in [5.41, 5.74) is 0.524. The van der Waals surface area contributed by atoms with E-state index in [9.17, 15) is 9.18 Å². The van der Waals surface area contributed by atoms with Gasteiger partial charge in [0.05, 0.1) is 16.8 Å². The van der Waals surface area contributed by atoms with Crippen LogP contribution in [-0.2, 0) is 9.31 Å². The molecule has 1 aromatic carbocycles. The number of nitrogens with zero attached hydrogens (tertiary/aromatic N) is 1. The summed E-state index contributed by atoms with van der Waals surface area (Å²) >= 11 is 0. The number of aryl methyl sites for hydroxylation is 1. The van der Waals surface area contributed by atoms with Gasteiger partial charge < -0.3 is 14.2 Å². The van der Waals surface area contributed by atoms with Gasteiger partial charge in [-0.2, -0.15) is 0 Å². The van der Waals surface area contributed by atoms with Gasteiger partial charge in [-0.1, -0.05) is 5.56 Å².